The van der Waals surface area contributed by atoms with Gasteiger partial charge in [0.25, 0.3) is 0 Å². The van der Waals surface area contributed by atoms with Gasteiger partial charge in [-0.15, -0.1) is 0 Å². The minimum atomic E-state index is -1.04. The molecule has 0 saturated heterocycles. The summed E-state index contributed by atoms with van der Waals surface area (Å²) in [6, 6.07) is -0.364. The minimum absolute atomic E-state index is 0.0660. The number of carbonyl (C=O) groups excluding carboxylic acids is 1. The average molecular weight is 220 g/mol. The molecule has 0 aromatic rings. The lowest BCUT2D eigenvalue weighted by Crippen LogP contribution is -2.42. The van der Waals surface area contributed by atoms with Crippen LogP contribution in [0.25, 0.3) is 0 Å². The molecule has 0 radical (unpaired) electrons. The summed E-state index contributed by atoms with van der Waals surface area (Å²) >= 11 is 1.71. The first-order valence-electron chi connectivity index (χ1n) is 4.31. The monoisotopic (exact) mass is 220 g/mol. The van der Waals surface area contributed by atoms with Gasteiger partial charge in [0.1, 0.15) is 6.54 Å². The van der Waals surface area contributed by atoms with Crippen LogP contribution in [0.1, 0.15) is 13.3 Å². The Morgan fingerprint density at radius 1 is 1.50 bits per heavy atom. The molecular formula is C8H16N2O3S. The molecule has 0 spiro atoms. The predicted octanol–water partition coefficient (Wildman–Crippen LogP) is 0.512. The van der Waals surface area contributed by atoms with Crippen molar-refractivity contribution in [2.45, 2.75) is 19.4 Å². The SMILES string of the molecule is CSCCC(C)NC(=O)NCC(=O)O. The van der Waals surface area contributed by atoms with E-state index in [2.05, 4.69) is 10.6 Å². The van der Waals surface area contributed by atoms with E-state index in [1.54, 1.807) is 11.8 Å². The summed E-state index contributed by atoms with van der Waals surface area (Å²) in [6.45, 7) is 1.54. The largest absolute Gasteiger partial charge is 0.480 e. The minimum Gasteiger partial charge on any atom is -0.480 e. The average Bonchev–Trinajstić information content (AvgIpc) is 2.11. The second-order valence-corrected chi connectivity index (χ2v) is 3.89. The molecule has 0 aliphatic heterocycles. The number of rotatable bonds is 6. The van der Waals surface area contributed by atoms with Crippen molar-refractivity contribution >= 4 is 23.8 Å². The van der Waals surface area contributed by atoms with E-state index < -0.39 is 12.0 Å². The van der Waals surface area contributed by atoms with Crippen LogP contribution < -0.4 is 10.6 Å². The number of thioether (sulfide) groups is 1. The van der Waals surface area contributed by atoms with Crippen LogP contribution >= 0.6 is 11.8 Å². The Kier molecular flexibility index (Phi) is 7.00. The van der Waals surface area contributed by atoms with Gasteiger partial charge in [0.2, 0.25) is 0 Å². The molecule has 0 heterocycles. The number of hydrogen-bond donors (Lipinski definition) is 3. The van der Waals surface area contributed by atoms with E-state index in [4.69, 9.17) is 5.11 Å². The summed E-state index contributed by atoms with van der Waals surface area (Å²) in [5, 5.41) is 13.2. The predicted molar refractivity (Wildman–Crippen MR) is 56.6 cm³/mol. The maximum absolute atomic E-state index is 11.0. The molecule has 5 nitrogen and oxygen atoms in total. The van der Waals surface area contributed by atoms with Gasteiger partial charge in [0.05, 0.1) is 0 Å². The normalized spacial score (nSPS) is 11.9. The third-order valence-corrected chi connectivity index (χ3v) is 2.18. The van der Waals surface area contributed by atoms with Gasteiger partial charge >= 0.3 is 12.0 Å². The van der Waals surface area contributed by atoms with Crippen molar-refractivity contribution in [3.05, 3.63) is 0 Å². The van der Waals surface area contributed by atoms with E-state index in [-0.39, 0.29) is 12.6 Å². The van der Waals surface area contributed by atoms with Crippen LogP contribution in [0, 0.1) is 0 Å². The van der Waals surface area contributed by atoms with E-state index >= 15 is 0 Å². The molecule has 0 rings (SSSR count). The molecule has 0 bridgehead atoms. The first kappa shape index (κ1) is 13.1. The lowest BCUT2D eigenvalue weighted by Gasteiger charge is -2.12. The van der Waals surface area contributed by atoms with Gasteiger partial charge in [-0.05, 0) is 25.4 Å². The van der Waals surface area contributed by atoms with Crippen molar-refractivity contribution in [1.29, 1.82) is 0 Å². The van der Waals surface area contributed by atoms with Gasteiger partial charge in [0, 0.05) is 6.04 Å². The molecule has 0 saturated carbocycles. The highest BCUT2D eigenvalue weighted by Gasteiger charge is 2.07. The number of aliphatic carboxylic acids is 1. The van der Waals surface area contributed by atoms with E-state index in [1.165, 1.54) is 0 Å². The maximum Gasteiger partial charge on any atom is 0.323 e. The number of carboxylic acids is 1. The summed E-state index contributed by atoms with van der Waals surface area (Å²) < 4.78 is 0. The molecule has 2 amide bonds. The Bertz CT molecular complexity index is 199. The molecule has 6 heteroatoms. The van der Waals surface area contributed by atoms with E-state index in [9.17, 15) is 9.59 Å². The van der Waals surface area contributed by atoms with Gasteiger partial charge in [0.15, 0.2) is 0 Å². The Morgan fingerprint density at radius 2 is 2.14 bits per heavy atom. The fourth-order valence-electron chi connectivity index (χ4n) is 0.798. The first-order valence-corrected chi connectivity index (χ1v) is 5.70. The number of carboxylic acid groups (broad SMARTS) is 1. The molecular weight excluding hydrogens is 204 g/mol. The van der Waals surface area contributed by atoms with E-state index in [1.807, 2.05) is 13.2 Å². The highest BCUT2D eigenvalue weighted by molar-refractivity contribution is 7.98. The van der Waals surface area contributed by atoms with Crippen LogP contribution in [0.15, 0.2) is 0 Å². The fourth-order valence-corrected chi connectivity index (χ4v) is 1.39. The molecule has 0 aromatic heterocycles. The zero-order valence-corrected chi connectivity index (χ0v) is 9.19. The molecule has 0 aliphatic carbocycles. The van der Waals surface area contributed by atoms with Crippen LogP contribution in [0.2, 0.25) is 0 Å². The van der Waals surface area contributed by atoms with Gasteiger partial charge in [-0.2, -0.15) is 11.8 Å². The van der Waals surface area contributed by atoms with Crippen LogP contribution in [-0.4, -0.2) is 41.7 Å². The zero-order valence-electron chi connectivity index (χ0n) is 8.37. The van der Waals surface area contributed by atoms with Crippen LogP contribution in [-0.2, 0) is 4.79 Å². The summed E-state index contributed by atoms with van der Waals surface area (Å²) in [4.78, 5) is 21.1. The smallest absolute Gasteiger partial charge is 0.323 e. The van der Waals surface area contributed by atoms with Crippen LogP contribution in [0.3, 0.4) is 0 Å². The van der Waals surface area contributed by atoms with Gasteiger partial charge in [-0.25, -0.2) is 4.79 Å². The maximum atomic E-state index is 11.0. The standard InChI is InChI=1S/C8H16N2O3S/c1-6(3-4-14-2)10-8(13)9-5-7(11)12/h6H,3-5H2,1-2H3,(H,11,12)(H2,9,10,13). The molecule has 1 unspecified atom stereocenters. The lowest BCUT2D eigenvalue weighted by atomic mass is 10.3. The molecule has 3 N–H and O–H groups in total. The van der Waals surface area contributed by atoms with Gasteiger partial charge in [-0.3, -0.25) is 4.79 Å². The fraction of sp³-hybridized carbons (Fsp3) is 0.750. The number of hydrogen-bond acceptors (Lipinski definition) is 3. The summed E-state index contributed by atoms with van der Waals surface area (Å²) in [6.07, 6.45) is 2.87. The van der Waals surface area contributed by atoms with Crippen molar-refractivity contribution in [2.24, 2.45) is 0 Å². The molecule has 1 atom stereocenters. The van der Waals surface area contributed by atoms with Gasteiger partial charge < -0.3 is 15.7 Å². The molecule has 0 aliphatic rings. The first-order chi connectivity index (χ1) is 6.56. The van der Waals surface area contributed by atoms with Crippen LogP contribution in [0.5, 0.6) is 0 Å². The number of nitrogens with one attached hydrogen (secondary N) is 2. The Hall–Kier alpha value is -0.910. The second kappa shape index (κ2) is 7.49. The number of urea groups is 1. The second-order valence-electron chi connectivity index (χ2n) is 2.90. The molecule has 14 heavy (non-hydrogen) atoms. The summed E-state index contributed by atoms with van der Waals surface area (Å²) in [7, 11) is 0. The number of amides is 2. The van der Waals surface area contributed by atoms with E-state index in [0.717, 1.165) is 12.2 Å². The Morgan fingerprint density at radius 3 is 2.64 bits per heavy atom. The van der Waals surface area contributed by atoms with Crippen molar-refractivity contribution in [3.8, 4) is 0 Å². The van der Waals surface area contributed by atoms with Crippen molar-refractivity contribution in [2.75, 3.05) is 18.6 Å². The lowest BCUT2D eigenvalue weighted by molar-refractivity contribution is -0.135. The highest BCUT2D eigenvalue weighted by atomic mass is 32.2. The molecule has 82 valence electrons. The molecule has 0 aromatic carbocycles. The Labute approximate surface area is 87.6 Å². The zero-order chi connectivity index (χ0) is 11.0. The van der Waals surface area contributed by atoms with Crippen molar-refractivity contribution in [1.82, 2.24) is 10.6 Å². The third kappa shape index (κ3) is 7.72. The highest BCUT2D eigenvalue weighted by Crippen LogP contribution is 1.99. The van der Waals surface area contributed by atoms with E-state index in [0.29, 0.717) is 0 Å². The third-order valence-electron chi connectivity index (χ3n) is 1.53. The van der Waals surface area contributed by atoms with Gasteiger partial charge in [-0.1, -0.05) is 0 Å². The molecule has 0 fully saturated rings. The summed E-state index contributed by atoms with van der Waals surface area (Å²) in [5.74, 6) is -0.0719. The summed E-state index contributed by atoms with van der Waals surface area (Å²) in [5.41, 5.74) is 0. The van der Waals surface area contributed by atoms with Crippen molar-refractivity contribution < 1.29 is 14.7 Å². The van der Waals surface area contributed by atoms with Crippen LogP contribution in [0.4, 0.5) is 4.79 Å². The number of carbonyl (C=O) groups is 2. The van der Waals surface area contributed by atoms with Crippen molar-refractivity contribution in [3.63, 3.8) is 0 Å². The Balaban J connectivity index is 3.55. The quantitative estimate of drug-likeness (QED) is 0.609. The topological polar surface area (TPSA) is 78.4 Å².